The molecule has 8 nitrogen and oxygen atoms in total. The Kier molecular flexibility index (Phi) is 5.16. The highest BCUT2D eigenvalue weighted by molar-refractivity contribution is 5.87. The van der Waals surface area contributed by atoms with Crippen LogP contribution in [-0.2, 0) is 19.1 Å². The van der Waals surface area contributed by atoms with Gasteiger partial charge in [0.25, 0.3) is 0 Å². The van der Waals surface area contributed by atoms with Gasteiger partial charge in [0, 0.05) is 19.4 Å². The van der Waals surface area contributed by atoms with Crippen molar-refractivity contribution in [3.05, 3.63) is 58.3 Å². The van der Waals surface area contributed by atoms with Gasteiger partial charge in [0.1, 0.15) is 16.9 Å². The average molecular weight is 438 g/mol. The SMILES string of the molecule is CC(=O)O[C@@H]1c2c(ccc3c(=O)c(O)c(-c4ccccc4)oc23)OC(C)(C)[C@@H]1OC(C)=O. The normalized spacial score (nSPS) is 19.0. The Balaban J connectivity index is 2.05. The summed E-state index contributed by atoms with van der Waals surface area (Å²) in [7, 11) is 0. The summed E-state index contributed by atoms with van der Waals surface area (Å²) in [4.78, 5) is 36.8. The Labute approximate surface area is 183 Å². The van der Waals surface area contributed by atoms with Crippen LogP contribution in [0.3, 0.4) is 0 Å². The van der Waals surface area contributed by atoms with Gasteiger partial charge in [-0.15, -0.1) is 0 Å². The van der Waals surface area contributed by atoms with Gasteiger partial charge in [0.15, 0.2) is 18.0 Å². The summed E-state index contributed by atoms with van der Waals surface area (Å²) in [5, 5.41) is 10.6. The first kappa shape index (κ1) is 21.4. The molecule has 0 fully saturated rings. The number of esters is 2. The van der Waals surface area contributed by atoms with E-state index >= 15 is 0 Å². The molecule has 0 saturated heterocycles. The number of rotatable bonds is 3. The molecule has 1 aliphatic rings. The average Bonchev–Trinajstić information content (AvgIpc) is 2.72. The van der Waals surface area contributed by atoms with E-state index in [1.54, 1.807) is 50.2 Å². The third kappa shape index (κ3) is 3.57. The molecule has 32 heavy (non-hydrogen) atoms. The third-order valence-electron chi connectivity index (χ3n) is 5.27. The zero-order valence-corrected chi connectivity index (χ0v) is 18.0. The van der Waals surface area contributed by atoms with E-state index in [9.17, 15) is 19.5 Å². The molecular weight excluding hydrogens is 416 g/mol. The number of hydrogen-bond acceptors (Lipinski definition) is 8. The molecule has 1 N–H and O–H groups in total. The van der Waals surface area contributed by atoms with Gasteiger partial charge >= 0.3 is 11.9 Å². The summed E-state index contributed by atoms with van der Waals surface area (Å²) in [5.41, 5.74) is -0.894. The van der Waals surface area contributed by atoms with Crippen LogP contribution >= 0.6 is 0 Å². The Bertz CT molecular complexity index is 1270. The minimum absolute atomic E-state index is 0.0352. The van der Waals surface area contributed by atoms with Gasteiger partial charge in [-0.25, -0.2) is 0 Å². The summed E-state index contributed by atoms with van der Waals surface area (Å²) in [6.45, 7) is 5.87. The minimum Gasteiger partial charge on any atom is -0.502 e. The molecule has 166 valence electrons. The summed E-state index contributed by atoms with van der Waals surface area (Å²) >= 11 is 0. The molecule has 2 atom stereocenters. The molecule has 0 saturated carbocycles. The standard InChI is InChI=1S/C24H22O8/c1-12(25)29-22-17-16(32-24(3,4)23(22)30-13(2)26)11-10-15-18(27)19(28)20(31-21(15)17)14-8-6-5-7-9-14/h5-11,22-23,28H,1-4H3/t22-,23-/m1/s1. The van der Waals surface area contributed by atoms with Crippen LogP contribution in [0.5, 0.6) is 11.5 Å². The van der Waals surface area contributed by atoms with Gasteiger partial charge in [-0.2, -0.15) is 0 Å². The van der Waals surface area contributed by atoms with Gasteiger partial charge in [-0.1, -0.05) is 30.3 Å². The van der Waals surface area contributed by atoms with Gasteiger partial charge in [-0.3, -0.25) is 14.4 Å². The smallest absolute Gasteiger partial charge is 0.303 e. The maximum atomic E-state index is 13.0. The summed E-state index contributed by atoms with van der Waals surface area (Å²) < 4.78 is 23.2. The van der Waals surface area contributed by atoms with Crippen molar-refractivity contribution in [3.63, 3.8) is 0 Å². The number of aromatic hydroxyl groups is 1. The van der Waals surface area contributed by atoms with Crippen LogP contribution in [0.15, 0.2) is 51.7 Å². The van der Waals surface area contributed by atoms with E-state index in [-0.39, 0.29) is 22.3 Å². The predicted molar refractivity (Wildman–Crippen MR) is 114 cm³/mol. The lowest BCUT2D eigenvalue weighted by Crippen LogP contribution is -2.52. The highest BCUT2D eigenvalue weighted by atomic mass is 16.6. The number of hydrogen-bond donors (Lipinski definition) is 1. The van der Waals surface area contributed by atoms with Crippen LogP contribution < -0.4 is 10.2 Å². The molecule has 4 rings (SSSR count). The van der Waals surface area contributed by atoms with Crippen LogP contribution in [0.1, 0.15) is 39.4 Å². The molecule has 1 aliphatic heterocycles. The molecule has 0 unspecified atom stereocenters. The third-order valence-corrected chi connectivity index (χ3v) is 5.27. The van der Waals surface area contributed by atoms with Crippen LogP contribution in [0.4, 0.5) is 0 Å². The van der Waals surface area contributed by atoms with Crippen molar-refractivity contribution in [3.8, 4) is 22.8 Å². The van der Waals surface area contributed by atoms with Crippen molar-refractivity contribution in [2.24, 2.45) is 0 Å². The summed E-state index contributed by atoms with van der Waals surface area (Å²) in [6.07, 6.45) is -2.11. The fourth-order valence-electron chi connectivity index (χ4n) is 3.93. The van der Waals surface area contributed by atoms with Crippen molar-refractivity contribution >= 4 is 22.9 Å². The first-order valence-electron chi connectivity index (χ1n) is 10.0. The fraction of sp³-hybridized carbons (Fsp3) is 0.292. The fourth-order valence-corrected chi connectivity index (χ4v) is 3.93. The molecule has 8 heteroatoms. The second-order valence-corrected chi connectivity index (χ2v) is 8.09. The largest absolute Gasteiger partial charge is 0.502 e. The second kappa shape index (κ2) is 7.71. The maximum absolute atomic E-state index is 13.0. The van der Waals surface area contributed by atoms with E-state index in [1.165, 1.54) is 19.9 Å². The first-order chi connectivity index (χ1) is 15.1. The minimum atomic E-state index is -1.10. The Morgan fingerprint density at radius 3 is 2.28 bits per heavy atom. The van der Waals surface area contributed by atoms with Crippen LogP contribution in [0, 0.1) is 0 Å². The van der Waals surface area contributed by atoms with E-state index in [2.05, 4.69) is 0 Å². The Hall–Kier alpha value is -3.81. The van der Waals surface area contributed by atoms with Crippen molar-refractivity contribution in [1.82, 2.24) is 0 Å². The van der Waals surface area contributed by atoms with Gasteiger partial charge in [-0.05, 0) is 26.0 Å². The van der Waals surface area contributed by atoms with Crippen molar-refractivity contribution in [2.45, 2.75) is 45.5 Å². The molecule has 2 aromatic carbocycles. The monoisotopic (exact) mass is 438 g/mol. The van der Waals surface area contributed by atoms with E-state index in [0.29, 0.717) is 11.3 Å². The zero-order chi connectivity index (χ0) is 23.2. The molecule has 0 spiro atoms. The van der Waals surface area contributed by atoms with Gasteiger partial charge in [0.2, 0.25) is 11.2 Å². The van der Waals surface area contributed by atoms with Gasteiger partial charge in [0.05, 0.1) is 10.9 Å². The van der Waals surface area contributed by atoms with Crippen LogP contribution in [0.2, 0.25) is 0 Å². The van der Waals surface area contributed by atoms with E-state index in [4.69, 9.17) is 18.6 Å². The highest BCUT2D eigenvalue weighted by Gasteiger charge is 2.49. The molecular formula is C24H22O8. The molecule has 0 amide bonds. The number of ether oxygens (including phenoxy) is 3. The van der Waals surface area contributed by atoms with E-state index in [0.717, 1.165) is 0 Å². The van der Waals surface area contributed by atoms with Crippen molar-refractivity contribution in [1.29, 1.82) is 0 Å². The van der Waals surface area contributed by atoms with E-state index in [1.807, 2.05) is 0 Å². The first-order valence-corrected chi connectivity index (χ1v) is 10.0. The number of benzene rings is 2. The summed E-state index contributed by atoms with van der Waals surface area (Å²) in [6, 6.07) is 11.7. The van der Waals surface area contributed by atoms with E-state index < -0.39 is 40.9 Å². The Morgan fingerprint density at radius 2 is 1.66 bits per heavy atom. The van der Waals surface area contributed by atoms with Crippen LogP contribution in [0.25, 0.3) is 22.3 Å². The van der Waals surface area contributed by atoms with Crippen LogP contribution in [-0.4, -0.2) is 28.8 Å². The molecule has 2 heterocycles. The number of carbonyl (C=O) groups is 2. The lowest BCUT2D eigenvalue weighted by Gasteiger charge is -2.43. The number of fused-ring (bicyclic) bond motifs is 3. The van der Waals surface area contributed by atoms with Crippen molar-refractivity contribution in [2.75, 3.05) is 0 Å². The molecule has 0 radical (unpaired) electrons. The molecule has 0 bridgehead atoms. The molecule has 3 aromatic rings. The van der Waals surface area contributed by atoms with Gasteiger partial charge < -0.3 is 23.7 Å². The van der Waals surface area contributed by atoms with Crippen molar-refractivity contribution < 1.29 is 33.3 Å². The number of carbonyl (C=O) groups excluding carboxylic acids is 2. The second-order valence-electron chi connectivity index (χ2n) is 8.09. The highest BCUT2D eigenvalue weighted by Crippen LogP contribution is 2.47. The quantitative estimate of drug-likeness (QED) is 0.613. The molecule has 0 aliphatic carbocycles. The lowest BCUT2D eigenvalue weighted by molar-refractivity contribution is -0.187. The predicted octanol–water partition coefficient (Wildman–Crippen LogP) is 3.87. The zero-order valence-electron chi connectivity index (χ0n) is 18.0. The lowest BCUT2D eigenvalue weighted by atomic mass is 9.87. The topological polar surface area (TPSA) is 112 Å². The maximum Gasteiger partial charge on any atom is 0.303 e. The molecule has 1 aromatic heterocycles. The Morgan fingerprint density at radius 1 is 1.00 bits per heavy atom. The summed E-state index contributed by atoms with van der Waals surface area (Å²) in [5.74, 6) is -1.47.